The Kier molecular flexibility index (Phi) is 7.82. The maximum Gasteiger partial charge on any atom is 0.136 e. The molecule has 0 aliphatic carbocycles. The standard InChI is InChI=1S/C54H36N2O/c1-2-13-40(14-3-1)45-17-4-8-21-50(45)55(43-15-12-16-44(36-43)56-51-22-9-5-18-46(51)47-19-6-10-23-52(47)56)42-32-29-38(30-33-42)37-25-27-39(28-26-37)41-31-34-49-48-20-7-11-24-53(48)57-54(49)35-41/h1-36H. The second-order valence-corrected chi connectivity index (χ2v) is 14.5. The number of hydrogen-bond acceptors (Lipinski definition) is 2. The molecule has 2 heterocycles. The first-order valence-electron chi connectivity index (χ1n) is 19.4. The number of anilines is 3. The predicted molar refractivity (Wildman–Crippen MR) is 239 cm³/mol. The third-order valence-corrected chi connectivity index (χ3v) is 11.2. The molecule has 0 aliphatic heterocycles. The van der Waals surface area contributed by atoms with Crippen molar-refractivity contribution in [1.82, 2.24) is 4.57 Å². The molecular weight excluding hydrogens is 693 g/mol. The van der Waals surface area contributed by atoms with Crippen LogP contribution in [0.25, 0.3) is 82.8 Å². The summed E-state index contributed by atoms with van der Waals surface area (Å²) in [5.74, 6) is 0. The largest absolute Gasteiger partial charge is 0.456 e. The lowest BCUT2D eigenvalue weighted by Crippen LogP contribution is -2.11. The van der Waals surface area contributed by atoms with Gasteiger partial charge in [0.1, 0.15) is 11.2 Å². The lowest BCUT2D eigenvalue weighted by Gasteiger charge is -2.28. The summed E-state index contributed by atoms with van der Waals surface area (Å²) in [4.78, 5) is 2.39. The average Bonchev–Trinajstić information content (AvgIpc) is 3.83. The van der Waals surface area contributed by atoms with Crippen LogP contribution in [0.15, 0.2) is 223 Å². The van der Waals surface area contributed by atoms with Crippen molar-refractivity contribution in [3.63, 3.8) is 0 Å². The molecule has 11 aromatic rings. The van der Waals surface area contributed by atoms with E-state index in [1.807, 2.05) is 12.1 Å². The van der Waals surface area contributed by atoms with Crippen molar-refractivity contribution in [3.8, 4) is 39.1 Å². The molecule has 3 nitrogen and oxygen atoms in total. The third kappa shape index (κ3) is 5.68. The molecule has 3 heteroatoms. The summed E-state index contributed by atoms with van der Waals surface area (Å²) in [6.07, 6.45) is 0. The molecule has 0 N–H and O–H groups in total. The number of rotatable bonds is 7. The number of aromatic nitrogens is 1. The fourth-order valence-corrected chi connectivity index (χ4v) is 8.49. The Morgan fingerprint density at radius 1 is 0.333 bits per heavy atom. The molecule has 0 unspecified atom stereocenters. The molecule has 2 aromatic heterocycles. The van der Waals surface area contributed by atoms with Gasteiger partial charge in [-0.05, 0) is 94.5 Å². The monoisotopic (exact) mass is 728 g/mol. The van der Waals surface area contributed by atoms with Crippen molar-refractivity contribution < 1.29 is 4.42 Å². The van der Waals surface area contributed by atoms with E-state index in [1.54, 1.807) is 0 Å². The van der Waals surface area contributed by atoms with E-state index in [0.717, 1.165) is 61.4 Å². The zero-order valence-corrected chi connectivity index (χ0v) is 31.1. The summed E-state index contributed by atoms with van der Waals surface area (Å²) >= 11 is 0. The molecule has 11 rings (SSSR count). The van der Waals surface area contributed by atoms with E-state index in [4.69, 9.17) is 4.42 Å². The molecule has 0 saturated carbocycles. The molecule has 0 saturated heterocycles. The van der Waals surface area contributed by atoms with E-state index in [9.17, 15) is 0 Å². The van der Waals surface area contributed by atoms with Crippen LogP contribution in [0.2, 0.25) is 0 Å². The highest BCUT2D eigenvalue weighted by atomic mass is 16.3. The Bertz CT molecular complexity index is 3170. The number of furan rings is 1. The Hall–Kier alpha value is -7.62. The summed E-state index contributed by atoms with van der Waals surface area (Å²) in [6.45, 7) is 0. The van der Waals surface area contributed by atoms with Crippen LogP contribution in [0.5, 0.6) is 0 Å². The fourth-order valence-electron chi connectivity index (χ4n) is 8.49. The Morgan fingerprint density at radius 3 is 1.63 bits per heavy atom. The zero-order valence-electron chi connectivity index (χ0n) is 31.1. The van der Waals surface area contributed by atoms with E-state index in [-0.39, 0.29) is 0 Å². The number of para-hydroxylation sites is 4. The van der Waals surface area contributed by atoms with Crippen molar-refractivity contribution in [2.24, 2.45) is 0 Å². The van der Waals surface area contributed by atoms with Gasteiger partial charge in [-0.15, -0.1) is 0 Å². The van der Waals surface area contributed by atoms with Crippen LogP contribution in [0.1, 0.15) is 0 Å². The minimum Gasteiger partial charge on any atom is -0.456 e. The average molecular weight is 729 g/mol. The van der Waals surface area contributed by atoms with Gasteiger partial charge in [-0.2, -0.15) is 0 Å². The van der Waals surface area contributed by atoms with Crippen LogP contribution in [0.3, 0.4) is 0 Å². The smallest absolute Gasteiger partial charge is 0.136 e. The van der Waals surface area contributed by atoms with Crippen molar-refractivity contribution in [1.29, 1.82) is 0 Å². The van der Waals surface area contributed by atoms with E-state index < -0.39 is 0 Å². The Balaban J connectivity index is 0.989. The molecule has 0 radical (unpaired) electrons. The van der Waals surface area contributed by atoms with Crippen LogP contribution in [0.4, 0.5) is 17.1 Å². The maximum absolute atomic E-state index is 6.19. The van der Waals surface area contributed by atoms with E-state index >= 15 is 0 Å². The molecule has 0 fully saturated rings. The molecule has 9 aromatic carbocycles. The minimum atomic E-state index is 0.910. The first-order valence-corrected chi connectivity index (χ1v) is 19.4. The molecule has 268 valence electrons. The SMILES string of the molecule is c1ccc(-c2ccccc2N(c2ccc(-c3ccc(-c4ccc5c(c4)oc4ccccc45)cc3)cc2)c2cccc(-n3c4ccccc4c4ccccc43)c2)cc1. The molecule has 57 heavy (non-hydrogen) atoms. The minimum absolute atomic E-state index is 0.910. The highest BCUT2D eigenvalue weighted by Crippen LogP contribution is 2.43. The summed E-state index contributed by atoms with van der Waals surface area (Å²) in [5, 5.41) is 4.79. The summed E-state index contributed by atoms with van der Waals surface area (Å²) < 4.78 is 8.57. The van der Waals surface area contributed by atoms with Gasteiger partial charge < -0.3 is 13.9 Å². The van der Waals surface area contributed by atoms with Gasteiger partial charge in [-0.1, -0.05) is 152 Å². The van der Waals surface area contributed by atoms with Crippen molar-refractivity contribution in [3.05, 3.63) is 218 Å². The van der Waals surface area contributed by atoms with Crippen LogP contribution in [-0.2, 0) is 0 Å². The van der Waals surface area contributed by atoms with Crippen LogP contribution in [0, 0.1) is 0 Å². The lowest BCUT2D eigenvalue weighted by molar-refractivity contribution is 0.669. The van der Waals surface area contributed by atoms with Crippen LogP contribution >= 0.6 is 0 Å². The van der Waals surface area contributed by atoms with Gasteiger partial charge in [0.2, 0.25) is 0 Å². The second kappa shape index (κ2) is 13.6. The van der Waals surface area contributed by atoms with Gasteiger partial charge >= 0.3 is 0 Å². The summed E-state index contributed by atoms with van der Waals surface area (Å²) in [6, 6.07) is 78.2. The van der Waals surface area contributed by atoms with Gasteiger partial charge in [0.15, 0.2) is 0 Å². The maximum atomic E-state index is 6.19. The Morgan fingerprint density at radius 2 is 0.895 bits per heavy atom. The molecule has 0 bridgehead atoms. The normalized spacial score (nSPS) is 11.5. The van der Waals surface area contributed by atoms with Gasteiger partial charge in [0, 0.05) is 44.2 Å². The lowest BCUT2D eigenvalue weighted by atomic mass is 9.99. The van der Waals surface area contributed by atoms with Crippen molar-refractivity contribution in [2.75, 3.05) is 4.90 Å². The number of nitrogens with zero attached hydrogens (tertiary/aromatic N) is 2. The van der Waals surface area contributed by atoms with Gasteiger partial charge in [0.05, 0.1) is 16.7 Å². The predicted octanol–water partition coefficient (Wildman–Crippen LogP) is 15.2. The first-order chi connectivity index (χ1) is 28.3. The fraction of sp³-hybridized carbons (Fsp3) is 0. The quantitative estimate of drug-likeness (QED) is 0.163. The molecule has 0 spiro atoms. The number of benzene rings is 9. The number of fused-ring (bicyclic) bond motifs is 6. The molecule has 0 amide bonds. The third-order valence-electron chi connectivity index (χ3n) is 11.2. The molecule has 0 atom stereocenters. The van der Waals surface area contributed by atoms with Gasteiger partial charge in [-0.3, -0.25) is 0 Å². The van der Waals surface area contributed by atoms with Gasteiger partial charge in [-0.25, -0.2) is 0 Å². The van der Waals surface area contributed by atoms with E-state index in [0.29, 0.717) is 0 Å². The first kappa shape index (κ1) is 32.8. The Labute approximate surface area is 330 Å². The molecule has 0 aliphatic rings. The van der Waals surface area contributed by atoms with Crippen molar-refractivity contribution >= 4 is 60.8 Å². The zero-order chi connectivity index (χ0) is 37.7. The summed E-state index contributed by atoms with van der Waals surface area (Å²) in [5.41, 5.74) is 15.6. The van der Waals surface area contributed by atoms with Crippen LogP contribution < -0.4 is 4.90 Å². The highest BCUT2D eigenvalue weighted by molar-refractivity contribution is 6.09. The molecular formula is C54H36N2O. The number of hydrogen-bond donors (Lipinski definition) is 0. The van der Waals surface area contributed by atoms with E-state index in [1.165, 1.54) is 38.5 Å². The summed E-state index contributed by atoms with van der Waals surface area (Å²) in [7, 11) is 0. The van der Waals surface area contributed by atoms with E-state index in [2.05, 4.69) is 216 Å². The van der Waals surface area contributed by atoms with Crippen molar-refractivity contribution in [2.45, 2.75) is 0 Å². The van der Waals surface area contributed by atoms with Gasteiger partial charge in [0.25, 0.3) is 0 Å². The van der Waals surface area contributed by atoms with Crippen LogP contribution in [-0.4, -0.2) is 4.57 Å². The highest BCUT2D eigenvalue weighted by Gasteiger charge is 2.19. The topological polar surface area (TPSA) is 21.3 Å². The second-order valence-electron chi connectivity index (χ2n) is 14.5.